The van der Waals surface area contributed by atoms with Crippen LogP contribution in [0.5, 0.6) is 5.75 Å². The smallest absolute Gasteiger partial charge is 0.251 e. The fraction of sp³-hybridized carbons (Fsp3) is 0.690. The molecule has 0 fully saturated rings. The van der Waals surface area contributed by atoms with E-state index in [0.29, 0.717) is 19.6 Å². The predicted molar refractivity (Wildman–Crippen MR) is 153 cm³/mol. The minimum atomic E-state index is -2.08. The number of ether oxygens (including phenoxy) is 2. The van der Waals surface area contributed by atoms with E-state index in [4.69, 9.17) is 18.7 Å². The third-order valence-electron chi connectivity index (χ3n) is 7.57. The highest BCUT2D eigenvalue weighted by molar-refractivity contribution is 6.74. The lowest BCUT2D eigenvalue weighted by molar-refractivity contribution is -0.177. The number of aliphatic hydroxyl groups is 2. The summed E-state index contributed by atoms with van der Waals surface area (Å²) in [6.07, 6.45) is 0.175. The van der Waals surface area contributed by atoms with Crippen molar-refractivity contribution in [3.63, 3.8) is 0 Å². The van der Waals surface area contributed by atoms with Crippen LogP contribution >= 0.6 is 0 Å². The lowest BCUT2D eigenvalue weighted by Crippen LogP contribution is -2.45. The van der Waals surface area contributed by atoms with Crippen LogP contribution in [-0.4, -0.2) is 75.7 Å². The number of hydroxylamine groups is 2. The van der Waals surface area contributed by atoms with Crippen molar-refractivity contribution in [1.29, 1.82) is 0 Å². The average Bonchev–Trinajstić information content (AvgIpc) is 2.85. The molecule has 0 aliphatic carbocycles. The third kappa shape index (κ3) is 10.4. The van der Waals surface area contributed by atoms with Crippen molar-refractivity contribution in [2.24, 2.45) is 11.8 Å². The number of carbonyl (C=O) groups excluding carboxylic acids is 1. The van der Waals surface area contributed by atoms with Crippen LogP contribution in [0.3, 0.4) is 0 Å². The molecule has 0 aliphatic heterocycles. The fourth-order valence-electron chi connectivity index (χ4n) is 3.81. The maximum Gasteiger partial charge on any atom is 0.251 e. The minimum absolute atomic E-state index is 0.0367. The lowest BCUT2D eigenvalue weighted by Gasteiger charge is -2.39. The second kappa shape index (κ2) is 15.1. The van der Waals surface area contributed by atoms with Gasteiger partial charge in [-0.05, 0) is 49.2 Å². The highest BCUT2D eigenvalue weighted by atomic mass is 28.4. The summed E-state index contributed by atoms with van der Waals surface area (Å²) in [5.74, 6) is -0.827. The maximum atomic E-state index is 12.4. The summed E-state index contributed by atoms with van der Waals surface area (Å²) in [6.45, 7) is 17.2. The van der Waals surface area contributed by atoms with E-state index in [1.165, 1.54) is 14.2 Å². The number of hydrogen-bond donors (Lipinski definition) is 2. The molecule has 2 N–H and O–H groups in total. The van der Waals surface area contributed by atoms with Gasteiger partial charge in [0.25, 0.3) is 5.91 Å². The van der Waals surface area contributed by atoms with Gasteiger partial charge in [-0.1, -0.05) is 58.4 Å². The third-order valence-corrected chi connectivity index (χ3v) is 12.1. The first kappa shape index (κ1) is 34.3. The Kier molecular flexibility index (Phi) is 13.7. The van der Waals surface area contributed by atoms with Crippen LogP contribution in [0.1, 0.15) is 53.5 Å². The van der Waals surface area contributed by atoms with E-state index in [2.05, 4.69) is 33.9 Å². The van der Waals surface area contributed by atoms with Crippen LogP contribution in [-0.2, 0) is 25.4 Å². The number of benzene rings is 1. The van der Waals surface area contributed by atoms with E-state index in [-0.39, 0.29) is 17.0 Å². The highest BCUT2D eigenvalue weighted by Crippen LogP contribution is 2.38. The summed E-state index contributed by atoms with van der Waals surface area (Å²) in [4.78, 5) is 17.3. The Morgan fingerprint density at radius 3 is 2.18 bits per heavy atom. The highest BCUT2D eigenvalue weighted by Gasteiger charge is 2.39. The largest absolute Gasteiger partial charge is 0.497 e. The zero-order valence-electron chi connectivity index (χ0n) is 25.3. The molecule has 1 rings (SSSR count). The molecule has 0 spiro atoms. The van der Waals surface area contributed by atoms with Gasteiger partial charge in [0.15, 0.2) is 8.32 Å². The Labute approximate surface area is 231 Å². The van der Waals surface area contributed by atoms with Gasteiger partial charge in [-0.15, -0.1) is 0 Å². The second-order valence-electron chi connectivity index (χ2n) is 11.7. The quantitative estimate of drug-likeness (QED) is 0.180. The van der Waals surface area contributed by atoms with Crippen molar-refractivity contribution < 1.29 is 33.7 Å². The molecule has 1 amide bonds. The Morgan fingerprint density at radius 2 is 1.68 bits per heavy atom. The number of hydrogen-bond acceptors (Lipinski definition) is 7. The SMILES string of the molecule is COc1ccc(COC[C@H](C/C(C)=C/[C@@H](O)[C@@H](C)[C@H](O)[C@H](C)C(=O)N(C)OC)O[Si](C)(C)C(C)(C)C)cc1. The summed E-state index contributed by atoms with van der Waals surface area (Å²) in [5, 5.41) is 22.7. The van der Waals surface area contributed by atoms with Gasteiger partial charge in [0.05, 0.1) is 51.7 Å². The molecule has 0 aliphatic rings. The van der Waals surface area contributed by atoms with Crippen molar-refractivity contribution in [3.05, 3.63) is 41.5 Å². The number of amides is 1. The van der Waals surface area contributed by atoms with Crippen LogP contribution in [0.4, 0.5) is 0 Å². The normalized spacial score (nSPS) is 16.9. The Morgan fingerprint density at radius 1 is 1.11 bits per heavy atom. The van der Waals surface area contributed by atoms with E-state index in [9.17, 15) is 15.0 Å². The Balaban J connectivity index is 2.93. The Bertz CT molecular complexity index is 882. The number of rotatable bonds is 15. The summed E-state index contributed by atoms with van der Waals surface area (Å²) in [7, 11) is 2.45. The van der Waals surface area contributed by atoms with Gasteiger partial charge in [0.2, 0.25) is 0 Å². The van der Waals surface area contributed by atoms with Gasteiger partial charge < -0.3 is 24.1 Å². The van der Waals surface area contributed by atoms with Crippen molar-refractivity contribution in [2.45, 2.75) is 91.0 Å². The molecule has 0 saturated carbocycles. The molecule has 9 heteroatoms. The van der Waals surface area contributed by atoms with E-state index in [0.717, 1.165) is 21.9 Å². The summed E-state index contributed by atoms with van der Waals surface area (Å²) in [6, 6.07) is 7.78. The number of aliphatic hydroxyl groups excluding tert-OH is 2. The van der Waals surface area contributed by atoms with Gasteiger partial charge in [-0.25, -0.2) is 5.06 Å². The van der Waals surface area contributed by atoms with E-state index in [1.54, 1.807) is 27.0 Å². The first-order valence-electron chi connectivity index (χ1n) is 13.3. The van der Waals surface area contributed by atoms with Gasteiger partial charge in [-0.3, -0.25) is 9.63 Å². The number of carbonyl (C=O) groups is 1. The molecule has 8 nitrogen and oxygen atoms in total. The van der Waals surface area contributed by atoms with Gasteiger partial charge >= 0.3 is 0 Å². The first-order chi connectivity index (χ1) is 17.5. The molecule has 0 unspecified atom stereocenters. The number of methoxy groups -OCH3 is 1. The molecule has 38 heavy (non-hydrogen) atoms. The molecule has 0 radical (unpaired) electrons. The van der Waals surface area contributed by atoms with Crippen LogP contribution in [0.25, 0.3) is 0 Å². The van der Waals surface area contributed by atoms with E-state index in [1.807, 2.05) is 31.2 Å². The van der Waals surface area contributed by atoms with Crippen molar-refractivity contribution in [3.8, 4) is 5.75 Å². The van der Waals surface area contributed by atoms with Crippen LogP contribution < -0.4 is 4.74 Å². The van der Waals surface area contributed by atoms with Crippen molar-refractivity contribution in [1.82, 2.24) is 5.06 Å². The predicted octanol–water partition coefficient (Wildman–Crippen LogP) is 4.95. The van der Waals surface area contributed by atoms with Crippen LogP contribution in [0.15, 0.2) is 35.9 Å². The van der Waals surface area contributed by atoms with Gasteiger partial charge in [0, 0.05) is 13.0 Å². The molecule has 218 valence electrons. The van der Waals surface area contributed by atoms with E-state index < -0.39 is 32.4 Å². The Hall–Kier alpha value is -1.75. The minimum Gasteiger partial charge on any atom is -0.497 e. The zero-order chi connectivity index (χ0) is 29.3. The molecule has 5 atom stereocenters. The zero-order valence-corrected chi connectivity index (χ0v) is 26.3. The molecule has 0 heterocycles. The maximum absolute atomic E-state index is 12.4. The topological polar surface area (TPSA) is 97.7 Å². The van der Waals surface area contributed by atoms with Gasteiger partial charge in [-0.2, -0.15) is 0 Å². The summed E-state index contributed by atoms with van der Waals surface area (Å²) in [5.41, 5.74) is 1.98. The summed E-state index contributed by atoms with van der Waals surface area (Å²) < 4.78 is 18.0. The lowest BCUT2D eigenvalue weighted by atomic mass is 9.87. The molecule has 0 aromatic heterocycles. The molecular formula is C29H51NO7Si. The molecule has 1 aromatic carbocycles. The standard InChI is InChI=1S/C29H51NO7Si/c1-20(17-26(31)21(2)27(32)22(3)28(33)30(7)35-9)16-25(37-38(10,11)29(4,5)6)19-36-18-23-12-14-24(34-8)15-13-23/h12-15,17,21-22,25-27,31-32H,16,18-19H2,1-11H3/b20-17+/t21-,22+,25+,26-,27+/m1/s1. The van der Waals surface area contributed by atoms with Gasteiger partial charge in [0.1, 0.15) is 5.75 Å². The van der Waals surface area contributed by atoms with E-state index >= 15 is 0 Å². The molecular weight excluding hydrogens is 502 g/mol. The molecule has 0 bridgehead atoms. The monoisotopic (exact) mass is 553 g/mol. The molecule has 1 aromatic rings. The average molecular weight is 554 g/mol. The van der Waals surface area contributed by atoms with Crippen molar-refractivity contribution >= 4 is 14.2 Å². The molecule has 0 saturated heterocycles. The first-order valence-corrected chi connectivity index (χ1v) is 16.2. The fourth-order valence-corrected chi connectivity index (χ4v) is 5.15. The number of nitrogens with zero attached hydrogens (tertiary/aromatic N) is 1. The van der Waals surface area contributed by atoms with Crippen LogP contribution in [0, 0.1) is 11.8 Å². The van der Waals surface area contributed by atoms with Crippen LogP contribution in [0.2, 0.25) is 18.1 Å². The second-order valence-corrected chi connectivity index (χ2v) is 16.5. The van der Waals surface area contributed by atoms with Crippen molar-refractivity contribution in [2.75, 3.05) is 27.9 Å². The summed E-state index contributed by atoms with van der Waals surface area (Å²) >= 11 is 0.